The largest absolute Gasteiger partial charge is 0.359 e. The fraction of sp³-hybridized carbons (Fsp3) is 0.200. The van der Waals surface area contributed by atoms with Crippen molar-refractivity contribution in [2.75, 3.05) is 0 Å². The molecule has 3 heteroatoms. The molecule has 0 saturated carbocycles. The normalized spacial score (nSPS) is 9.54. The molecule has 0 saturated heterocycles. The number of halogens is 2. The van der Waals surface area contributed by atoms with Gasteiger partial charge in [-0.25, -0.2) is 4.39 Å². The predicted octanol–water partition coefficient (Wildman–Crippen LogP) is 4.10. The molecule has 0 aliphatic heterocycles. The molecule has 0 radical (unpaired) electrons. The van der Waals surface area contributed by atoms with E-state index < -0.39 is 0 Å². The Morgan fingerprint density at radius 3 is 2.69 bits per heavy atom. The lowest BCUT2D eigenvalue weighted by Crippen LogP contribution is -1.76. The molecule has 1 aromatic carbocycles. The third kappa shape index (κ3) is 2.10. The number of nitrogens with one attached hydrogen (secondary N) is 1. The van der Waals surface area contributed by atoms with Gasteiger partial charge in [-0.1, -0.05) is 29.8 Å². The predicted molar refractivity (Wildman–Crippen MR) is 57.3 cm³/mol. The van der Waals surface area contributed by atoms with Crippen LogP contribution in [0.2, 0.25) is 0 Å². The highest BCUT2D eigenvalue weighted by molar-refractivity contribution is 9.10. The van der Waals surface area contributed by atoms with Gasteiger partial charge in [0.1, 0.15) is 5.82 Å². The van der Waals surface area contributed by atoms with Gasteiger partial charge in [-0.2, -0.15) is 0 Å². The Balaban J connectivity index is 0.000000396. The molecule has 0 bridgehead atoms. The molecule has 1 N–H and O–H groups in total. The van der Waals surface area contributed by atoms with Crippen molar-refractivity contribution in [3.63, 3.8) is 0 Å². The molecule has 0 spiro atoms. The van der Waals surface area contributed by atoms with E-state index in [1.54, 1.807) is 6.20 Å². The van der Waals surface area contributed by atoms with Gasteiger partial charge in [0.05, 0.1) is 5.52 Å². The monoisotopic (exact) mass is 243 g/mol. The van der Waals surface area contributed by atoms with Gasteiger partial charge < -0.3 is 4.98 Å². The number of rotatable bonds is 0. The van der Waals surface area contributed by atoms with E-state index in [9.17, 15) is 4.39 Å². The summed E-state index contributed by atoms with van der Waals surface area (Å²) < 4.78 is 13.8. The van der Waals surface area contributed by atoms with Crippen molar-refractivity contribution in [3.8, 4) is 0 Å². The Bertz CT molecular complexity index is 395. The molecule has 0 fully saturated rings. The van der Waals surface area contributed by atoms with E-state index >= 15 is 0 Å². The minimum Gasteiger partial charge on any atom is -0.359 e. The van der Waals surface area contributed by atoms with Gasteiger partial charge in [0, 0.05) is 16.1 Å². The second-order valence-corrected chi connectivity index (χ2v) is 3.25. The first kappa shape index (κ1) is 10.3. The first-order valence-electron chi connectivity index (χ1n) is 4.19. The van der Waals surface area contributed by atoms with E-state index in [0.717, 1.165) is 9.86 Å². The van der Waals surface area contributed by atoms with Gasteiger partial charge in [0.15, 0.2) is 0 Å². The minimum absolute atomic E-state index is 0.223. The van der Waals surface area contributed by atoms with Gasteiger partial charge >= 0.3 is 0 Å². The summed E-state index contributed by atoms with van der Waals surface area (Å²) in [5.41, 5.74) is 0.563. The van der Waals surface area contributed by atoms with Crippen LogP contribution in [0.15, 0.2) is 28.9 Å². The minimum atomic E-state index is -0.223. The summed E-state index contributed by atoms with van der Waals surface area (Å²) in [4.78, 5) is 2.82. The first-order chi connectivity index (χ1) is 6.27. The van der Waals surface area contributed by atoms with Crippen LogP contribution < -0.4 is 0 Å². The van der Waals surface area contributed by atoms with Crippen molar-refractivity contribution < 1.29 is 4.39 Å². The van der Waals surface area contributed by atoms with Gasteiger partial charge in [-0.05, 0) is 18.2 Å². The molecule has 1 heterocycles. The van der Waals surface area contributed by atoms with E-state index in [0.29, 0.717) is 5.52 Å². The summed E-state index contributed by atoms with van der Waals surface area (Å²) in [6.07, 6.45) is 1.72. The van der Waals surface area contributed by atoms with Crippen molar-refractivity contribution in [1.29, 1.82) is 0 Å². The maximum absolute atomic E-state index is 13.0. The second-order valence-electron chi connectivity index (χ2n) is 2.33. The van der Waals surface area contributed by atoms with E-state index in [1.807, 2.05) is 26.0 Å². The van der Waals surface area contributed by atoms with Crippen LogP contribution >= 0.6 is 15.9 Å². The Labute approximate surface area is 85.1 Å². The molecule has 70 valence electrons. The molecular weight excluding hydrogens is 233 g/mol. The molecule has 2 rings (SSSR count). The maximum Gasteiger partial charge on any atom is 0.148 e. The number of H-pyrrole nitrogens is 1. The highest BCUT2D eigenvalue weighted by Crippen LogP contribution is 2.21. The van der Waals surface area contributed by atoms with Crippen molar-refractivity contribution >= 4 is 26.8 Å². The molecular formula is C10H11BrFN. The van der Waals surface area contributed by atoms with Crippen LogP contribution in [-0.4, -0.2) is 4.98 Å². The smallest absolute Gasteiger partial charge is 0.148 e. The van der Waals surface area contributed by atoms with E-state index in [1.165, 1.54) is 6.07 Å². The Kier molecular flexibility index (Phi) is 3.48. The fourth-order valence-electron chi connectivity index (χ4n) is 1.09. The van der Waals surface area contributed by atoms with E-state index in [-0.39, 0.29) is 5.82 Å². The van der Waals surface area contributed by atoms with Gasteiger partial charge in [-0.3, -0.25) is 0 Å². The van der Waals surface area contributed by atoms with Crippen LogP contribution in [0.5, 0.6) is 0 Å². The van der Waals surface area contributed by atoms with Crippen LogP contribution in [0.1, 0.15) is 13.8 Å². The van der Waals surface area contributed by atoms with Crippen molar-refractivity contribution in [1.82, 2.24) is 4.98 Å². The summed E-state index contributed by atoms with van der Waals surface area (Å²) in [5, 5.41) is 0.886. The standard InChI is InChI=1S/C8H5BrFN.C2H6/c9-6-3-5-1-2-11-8(5)7(10)4-6;1-2/h1-4,11H;1-2H3. The lowest BCUT2D eigenvalue weighted by Gasteiger charge is -1.93. The maximum atomic E-state index is 13.0. The Morgan fingerprint density at radius 1 is 1.31 bits per heavy atom. The van der Waals surface area contributed by atoms with Crippen molar-refractivity contribution in [2.45, 2.75) is 13.8 Å². The Hall–Kier alpha value is -0.830. The number of benzene rings is 1. The highest BCUT2D eigenvalue weighted by Gasteiger charge is 2.01. The molecule has 0 unspecified atom stereocenters. The van der Waals surface area contributed by atoms with Gasteiger partial charge in [0.25, 0.3) is 0 Å². The van der Waals surface area contributed by atoms with Gasteiger partial charge in [0.2, 0.25) is 0 Å². The first-order valence-corrected chi connectivity index (χ1v) is 4.99. The topological polar surface area (TPSA) is 15.8 Å². The molecule has 1 nitrogen and oxygen atoms in total. The van der Waals surface area contributed by atoms with E-state index in [2.05, 4.69) is 20.9 Å². The summed E-state index contributed by atoms with van der Waals surface area (Å²) >= 11 is 3.21. The number of aromatic nitrogens is 1. The van der Waals surface area contributed by atoms with Crippen molar-refractivity contribution in [3.05, 3.63) is 34.7 Å². The summed E-state index contributed by atoms with van der Waals surface area (Å²) in [6, 6.07) is 5.15. The molecule has 0 amide bonds. The molecule has 0 aliphatic rings. The third-order valence-electron chi connectivity index (χ3n) is 1.58. The highest BCUT2D eigenvalue weighted by atomic mass is 79.9. The fourth-order valence-corrected chi connectivity index (χ4v) is 1.54. The zero-order valence-electron chi connectivity index (χ0n) is 7.57. The zero-order chi connectivity index (χ0) is 9.84. The molecule has 13 heavy (non-hydrogen) atoms. The number of hydrogen-bond donors (Lipinski definition) is 1. The summed E-state index contributed by atoms with van der Waals surface area (Å²) in [5.74, 6) is -0.223. The lowest BCUT2D eigenvalue weighted by molar-refractivity contribution is 0.636. The van der Waals surface area contributed by atoms with E-state index in [4.69, 9.17) is 0 Å². The molecule has 0 atom stereocenters. The molecule has 2 aromatic rings. The average molecular weight is 244 g/mol. The van der Waals surface area contributed by atoms with Crippen LogP contribution in [0.3, 0.4) is 0 Å². The second kappa shape index (κ2) is 4.42. The average Bonchev–Trinajstić information content (AvgIpc) is 2.55. The van der Waals surface area contributed by atoms with Crippen LogP contribution in [0.25, 0.3) is 10.9 Å². The third-order valence-corrected chi connectivity index (χ3v) is 2.03. The lowest BCUT2D eigenvalue weighted by atomic mass is 10.2. The quantitative estimate of drug-likeness (QED) is 0.718. The number of hydrogen-bond acceptors (Lipinski definition) is 0. The van der Waals surface area contributed by atoms with Crippen LogP contribution in [-0.2, 0) is 0 Å². The zero-order valence-corrected chi connectivity index (χ0v) is 9.15. The molecule has 0 aliphatic carbocycles. The number of fused-ring (bicyclic) bond motifs is 1. The van der Waals surface area contributed by atoms with Crippen molar-refractivity contribution in [2.24, 2.45) is 0 Å². The molecule has 1 aromatic heterocycles. The van der Waals surface area contributed by atoms with Gasteiger partial charge in [-0.15, -0.1) is 0 Å². The SMILES string of the molecule is CC.Fc1cc(Br)cc2cc[nH]c12. The Morgan fingerprint density at radius 2 is 2.00 bits per heavy atom. The summed E-state index contributed by atoms with van der Waals surface area (Å²) in [7, 11) is 0. The van der Waals surface area contributed by atoms with Crippen LogP contribution in [0, 0.1) is 5.82 Å². The number of aromatic amines is 1. The summed E-state index contributed by atoms with van der Waals surface area (Å²) in [6.45, 7) is 4.00. The van der Waals surface area contributed by atoms with Crippen LogP contribution in [0.4, 0.5) is 4.39 Å².